The first-order chi connectivity index (χ1) is 21.4. The molecule has 0 aliphatic carbocycles. The van der Waals surface area contributed by atoms with E-state index in [1.807, 2.05) is 12.1 Å². The second-order valence-electron chi connectivity index (χ2n) is 14.3. The van der Waals surface area contributed by atoms with E-state index in [2.05, 4.69) is 54.6 Å². The molecule has 2 aromatic rings. The van der Waals surface area contributed by atoms with Crippen molar-refractivity contribution in [1.29, 1.82) is 0 Å². The summed E-state index contributed by atoms with van der Waals surface area (Å²) < 4.78 is 10.1. The highest BCUT2D eigenvalue weighted by atomic mass is 31.2. The largest absolute Gasteiger partial charge is 0.545 e. The summed E-state index contributed by atoms with van der Waals surface area (Å²) in [5.41, 5.74) is -0.553. The van der Waals surface area contributed by atoms with Gasteiger partial charge in [-0.2, -0.15) is 10.2 Å². The Kier molecular flexibility index (Phi) is 8.91. The lowest BCUT2D eigenvalue weighted by atomic mass is 9.95. The fourth-order valence-corrected chi connectivity index (χ4v) is 14.8. The minimum atomic E-state index is -2.47. The molecule has 4 atom stereocenters. The van der Waals surface area contributed by atoms with Gasteiger partial charge in [-0.05, 0) is 18.1 Å². The molecule has 3 aliphatic rings. The van der Waals surface area contributed by atoms with Crippen LogP contribution in [0, 0.1) is 5.41 Å². The van der Waals surface area contributed by atoms with Crippen molar-refractivity contribution >= 4 is 59.3 Å². The molecule has 0 aromatic heterocycles. The molecule has 0 saturated carbocycles. The van der Waals surface area contributed by atoms with Gasteiger partial charge in [0.05, 0.1) is 38.3 Å². The van der Waals surface area contributed by atoms with Crippen molar-refractivity contribution in [2.75, 3.05) is 0 Å². The van der Waals surface area contributed by atoms with E-state index in [1.165, 1.54) is 23.4 Å². The molecule has 46 heavy (non-hydrogen) atoms. The molecule has 0 radical (unpaired) electrons. The zero-order valence-corrected chi connectivity index (χ0v) is 30.9. The van der Waals surface area contributed by atoms with E-state index in [0.29, 0.717) is 16.9 Å². The number of hydrazone groups is 2. The van der Waals surface area contributed by atoms with Gasteiger partial charge in [0.1, 0.15) is 11.4 Å². The quantitative estimate of drug-likeness (QED) is 0.133. The van der Waals surface area contributed by atoms with Crippen LogP contribution in [0.4, 0.5) is 0 Å². The highest BCUT2D eigenvalue weighted by Gasteiger charge is 2.66. The maximum Gasteiger partial charge on any atom is 0.250 e. The van der Waals surface area contributed by atoms with Crippen LogP contribution in [0.15, 0.2) is 81.7 Å². The van der Waals surface area contributed by atoms with Crippen LogP contribution in [0.3, 0.4) is 0 Å². The van der Waals surface area contributed by atoms with E-state index in [1.54, 1.807) is 48.5 Å². The Bertz CT molecular complexity index is 1590. The van der Waals surface area contributed by atoms with Gasteiger partial charge in [-0.1, -0.05) is 102 Å². The molecule has 1 saturated heterocycles. The van der Waals surface area contributed by atoms with Gasteiger partial charge in [-0.3, -0.25) is 19.2 Å². The van der Waals surface area contributed by atoms with Crippen molar-refractivity contribution in [3.63, 3.8) is 0 Å². The molecule has 2 amide bonds. The number of carbonyl (C=O) groups is 4. The first-order valence-electron chi connectivity index (χ1n) is 15.4. The van der Waals surface area contributed by atoms with Gasteiger partial charge < -0.3 is 4.43 Å². The summed E-state index contributed by atoms with van der Waals surface area (Å²) in [6, 6.07) is 17.7. The van der Waals surface area contributed by atoms with Crippen LogP contribution in [0.25, 0.3) is 0 Å². The Labute approximate surface area is 274 Å². The number of allylic oxidation sites excluding steroid dienone is 1. The Morgan fingerprint density at radius 1 is 0.696 bits per heavy atom. The molecule has 242 valence electrons. The van der Waals surface area contributed by atoms with Gasteiger partial charge >= 0.3 is 0 Å². The number of amides is 2. The van der Waals surface area contributed by atoms with Crippen molar-refractivity contribution in [3.8, 4) is 0 Å². The third-order valence-corrected chi connectivity index (χ3v) is 19.5. The molecule has 2 unspecified atom stereocenters. The van der Waals surface area contributed by atoms with Crippen molar-refractivity contribution in [1.82, 2.24) is 9.56 Å². The summed E-state index contributed by atoms with van der Waals surface area (Å²) in [6.07, 6.45) is 0. The first-order valence-corrected chi connectivity index (χ1v) is 21.0. The highest BCUT2D eigenvalue weighted by molar-refractivity contribution is 7.86. The standard InChI is InChI=1S/C34H42N4O5P2Si/c1-21(39)37-35-25(27(41)23-17-13-11-14-18-23)29-30-26(28(42)24-19-15-12-16-20-24)36-38(22(2)40)45(30)32(44(29)37)31(33(3,4)5)43-46(9,10)34(6,7)8/h11-20,29-30H,1-10H3/t29-,30-,44?,45?/m0/s1. The summed E-state index contributed by atoms with van der Waals surface area (Å²) in [5.74, 6) is -0.553. The molecule has 9 nitrogen and oxygen atoms in total. The normalized spacial score (nSPS) is 22.6. The minimum absolute atomic E-state index is 0.149. The molecular weight excluding hydrogens is 634 g/mol. The second kappa shape index (κ2) is 12.0. The number of hydrogen-bond donors (Lipinski definition) is 0. The Morgan fingerprint density at radius 3 is 1.37 bits per heavy atom. The van der Waals surface area contributed by atoms with Crippen molar-refractivity contribution in [3.05, 3.63) is 82.6 Å². The Hall–Kier alpha value is -3.32. The summed E-state index contributed by atoms with van der Waals surface area (Å²) >= 11 is 0. The van der Waals surface area contributed by atoms with Crippen LogP contribution >= 0.6 is 16.1 Å². The molecule has 1 fully saturated rings. The smallest absolute Gasteiger partial charge is 0.250 e. The van der Waals surface area contributed by atoms with E-state index in [0.717, 1.165) is 5.06 Å². The number of fused-ring (bicyclic) bond motifs is 3. The monoisotopic (exact) mass is 676 g/mol. The molecule has 3 heterocycles. The number of hydrogen-bond acceptors (Lipinski definition) is 7. The molecule has 12 heteroatoms. The predicted molar refractivity (Wildman–Crippen MR) is 188 cm³/mol. The summed E-state index contributed by atoms with van der Waals surface area (Å²) in [4.78, 5) is 55.3. The predicted octanol–water partition coefficient (Wildman–Crippen LogP) is 7.97. The van der Waals surface area contributed by atoms with Gasteiger partial charge in [0.2, 0.25) is 31.7 Å². The first kappa shape index (κ1) is 34.0. The molecule has 0 spiro atoms. The number of ketones is 2. The van der Waals surface area contributed by atoms with Crippen LogP contribution in [-0.2, 0) is 14.0 Å². The zero-order valence-electron chi connectivity index (χ0n) is 28.2. The van der Waals surface area contributed by atoms with Crippen molar-refractivity contribution in [2.24, 2.45) is 15.6 Å². The van der Waals surface area contributed by atoms with Crippen LogP contribution in [0.5, 0.6) is 0 Å². The molecule has 5 rings (SSSR count). The number of rotatable bonds is 6. The topological polar surface area (TPSA) is 109 Å². The molecule has 2 aromatic carbocycles. The SMILES string of the molecule is CC(=O)N1N=C(C(=O)c2ccccc2)[C@H]2[C@@H]3C(C(=O)c4ccccc4)=NN(C(C)=O)P3C(=C(O[Si](C)(C)C(C)(C)C)C(C)(C)C)P21. The van der Waals surface area contributed by atoms with E-state index in [-0.39, 0.29) is 39.8 Å². The average molecular weight is 677 g/mol. The van der Waals surface area contributed by atoms with E-state index < -0.39 is 41.2 Å². The van der Waals surface area contributed by atoms with Gasteiger partial charge in [0.15, 0.2) is 0 Å². The van der Waals surface area contributed by atoms with E-state index >= 15 is 0 Å². The van der Waals surface area contributed by atoms with Crippen molar-refractivity contribution in [2.45, 2.75) is 84.8 Å². The molecular formula is C34H42N4O5P2Si. The molecule has 3 aliphatic heterocycles. The van der Waals surface area contributed by atoms with Crippen LogP contribution < -0.4 is 0 Å². The summed E-state index contributed by atoms with van der Waals surface area (Å²) in [7, 11) is -5.83. The lowest BCUT2D eigenvalue weighted by molar-refractivity contribution is -0.124. The lowest BCUT2D eigenvalue weighted by Crippen LogP contribution is -2.42. The molecule has 0 N–H and O–H groups in total. The number of benzene rings is 2. The Balaban J connectivity index is 1.82. The van der Waals surface area contributed by atoms with Gasteiger partial charge in [0, 0.05) is 30.4 Å². The number of nitrogens with zero attached hydrogens (tertiary/aromatic N) is 4. The fourth-order valence-electron chi connectivity index (χ4n) is 5.43. The van der Waals surface area contributed by atoms with Crippen molar-refractivity contribution < 1.29 is 23.6 Å². The third kappa shape index (κ3) is 5.84. The van der Waals surface area contributed by atoms with Gasteiger partial charge in [-0.15, -0.1) is 0 Å². The number of Topliss-reactive ketones (excluding diaryl/α,β-unsaturated/α-hetero) is 2. The van der Waals surface area contributed by atoms with E-state index in [9.17, 15) is 19.2 Å². The maximum atomic E-state index is 14.2. The average Bonchev–Trinajstić information content (AvgIpc) is 3.64. The third-order valence-electron chi connectivity index (χ3n) is 8.78. The summed E-state index contributed by atoms with van der Waals surface area (Å²) in [6.45, 7) is 19.9. The highest BCUT2D eigenvalue weighted by Crippen LogP contribution is 2.83. The van der Waals surface area contributed by atoms with Gasteiger partial charge in [0.25, 0.3) is 0 Å². The fraction of sp³-hybridized carbons (Fsp3) is 0.412. The minimum Gasteiger partial charge on any atom is -0.545 e. The molecule has 0 bridgehead atoms. The number of carbonyl (C=O) groups excluding carboxylic acids is 4. The van der Waals surface area contributed by atoms with Crippen LogP contribution in [0.1, 0.15) is 76.1 Å². The maximum absolute atomic E-state index is 14.2. The van der Waals surface area contributed by atoms with Gasteiger partial charge in [-0.25, -0.2) is 9.56 Å². The second-order valence-corrected chi connectivity index (χ2v) is 23.5. The lowest BCUT2D eigenvalue weighted by Gasteiger charge is -2.42. The van der Waals surface area contributed by atoms with Crippen LogP contribution in [-0.4, -0.2) is 64.0 Å². The zero-order chi connectivity index (χ0) is 33.9. The Morgan fingerprint density at radius 2 is 1.07 bits per heavy atom. The van der Waals surface area contributed by atoms with E-state index in [4.69, 9.17) is 14.6 Å². The summed E-state index contributed by atoms with van der Waals surface area (Å²) in [5, 5.41) is 10.1. The van der Waals surface area contributed by atoms with Crippen LogP contribution in [0.2, 0.25) is 18.1 Å².